The van der Waals surface area contributed by atoms with Crippen molar-refractivity contribution in [1.29, 1.82) is 0 Å². The molecule has 4 nitrogen and oxygen atoms in total. The molecule has 350 valence electrons. The number of rotatable bonds is 9. The van der Waals surface area contributed by atoms with Crippen LogP contribution in [-0.2, 0) is 0 Å². The minimum absolute atomic E-state index is 0.811. The van der Waals surface area contributed by atoms with Crippen LogP contribution in [0.5, 0.6) is 0 Å². The van der Waals surface area contributed by atoms with E-state index >= 15 is 0 Å². The zero-order valence-corrected chi connectivity index (χ0v) is 41.0. The van der Waals surface area contributed by atoms with Crippen molar-refractivity contribution in [3.63, 3.8) is 0 Å². The molecule has 0 aliphatic heterocycles. The first-order valence-corrected chi connectivity index (χ1v) is 25.3. The Morgan fingerprint density at radius 3 is 1.08 bits per heavy atom. The van der Waals surface area contributed by atoms with Crippen LogP contribution in [0.3, 0.4) is 0 Å². The van der Waals surface area contributed by atoms with Gasteiger partial charge >= 0.3 is 0 Å². The maximum Gasteiger partial charge on any atom is 0.147 e. The van der Waals surface area contributed by atoms with Gasteiger partial charge < -0.3 is 18.6 Å². The molecule has 0 aliphatic rings. The standard InChI is InChI=1S/C70H48N2O2/c1-45-28-30-52(47-18-8-3-9-19-47)40-64(45)71(56-24-14-6-15-25-56)58-34-32-50-38-60-62-44-63-61-39-51-33-35-59(72(57-26-16-7-17-27-57)65-41-53(31-29-46(65)2)48-20-10-4-11-21-48)37-55(51)43-67(61)74-70(63)68(49-22-12-5-13-23-49)69(62)73-66(60)42-54(50)36-58/h3-44H,1-2H3. The summed E-state index contributed by atoms with van der Waals surface area (Å²) in [6, 6.07) is 91.4. The van der Waals surface area contributed by atoms with E-state index in [1.165, 1.54) is 33.4 Å². The van der Waals surface area contributed by atoms with E-state index in [1.807, 2.05) is 0 Å². The first-order valence-electron chi connectivity index (χ1n) is 25.3. The molecule has 4 heteroatoms. The summed E-state index contributed by atoms with van der Waals surface area (Å²) in [6.07, 6.45) is 0. The maximum absolute atomic E-state index is 7.07. The Kier molecular flexibility index (Phi) is 10.3. The van der Waals surface area contributed by atoms with Crippen LogP contribution < -0.4 is 9.80 Å². The lowest BCUT2D eigenvalue weighted by Gasteiger charge is -2.28. The number of aryl methyl sites for hydroxylation is 2. The molecule has 0 aliphatic carbocycles. The fraction of sp³-hybridized carbons (Fsp3) is 0.0286. The maximum atomic E-state index is 7.07. The van der Waals surface area contributed by atoms with Crippen LogP contribution in [0.2, 0.25) is 0 Å². The van der Waals surface area contributed by atoms with Gasteiger partial charge in [0.25, 0.3) is 0 Å². The van der Waals surface area contributed by atoms with Crippen LogP contribution in [0.15, 0.2) is 264 Å². The number of anilines is 6. The first-order chi connectivity index (χ1) is 36.5. The lowest BCUT2D eigenvalue weighted by Crippen LogP contribution is -2.11. The third-order valence-corrected chi connectivity index (χ3v) is 14.8. The highest BCUT2D eigenvalue weighted by molar-refractivity contribution is 6.24. The van der Waals surface area contributed by atoms with Crippen molar-refractivity contribution in [1.82, 2.24) is 0 Å². The molecule has 0 spiro atoms. The second-order valence-corrected chi connectivity index (χ2v) is 19.4. The van der Waals surface area contributed by atoms with Gasteiger partial charge in [0.1, 0.15) is 22.3 Å². The van der Waals surface area contributed by atoms with Crippen LogP contribution >= 0.6 is 0 Å². The van der Waals surface area contributed by atoms with Gasteiger partial charge in [0.05, 0.1) is 5.56 Å². The van der Waals surface area contributed by atoms with Crippen molar-refractivity contribution in [3.05, 3.63) is 266 Å². The number of hydrogen-bond donors (Lipinski definition) is 0. The molecule has 0 N–H and O–H groups in total. The van der Waals surface area contributed by atoms with Crippen molar-refractivity contribution in [2.75, 3.05) is 9.80 Å². The van der Waals surface area contributed by atoms with E-state index in [1.54, 1.807) is 0 Å². The Morgan fingerprint density at radius 1 is 0.270 bits per heavy atom. The Morgan fingerprint density at radius 2 is 0.662 bits per heavy atom. The van der Waals surface area contributed by atoms with Crippen LogP contribution in [0.25, 0.3) is 98.8 Å². The third kappa shape index (κ3) is 7.38. The summed E-state index contributed by atoms with van der Waals surface area (Å²) in [6.45, 7) is 4.38. The lowest BCUT2D eigenvalue weighted by atomic mass is 9.97. The Hall–Kier alpha value is -9.64. The summed E-state index contributed by atoms with van der Waals surface area (Å²) in [4.78, 5) is 4.74. The van der Waals surface area contributed by atoms with Crippen molar-refractivity contribution in [2.45, 2.75) is 13.8 Å². The molecule has 12 aromatic carbocycles. The van der Waals surface area contributed by atoms with Gasteiger partial charge in [-0.2, -0.15) is 0 Å². The fourth-order valence-corrected chi connectivity index (χ4v) is 11.1. The van der Waals surface area contributed by atoms with E-state index in [4.69, 9.17) is 8.83 Å². The number of hydrogen-bond acceptors (Lipinski definition) is 4. The average molecular weight is 949 g/mol. The second-order valence-electron chi connectivity index (χ2n) is 19.4. The monoisotopic (exact) mass is 948 g/mol. The highest BCUT2D eigenvalue weighted by Crippen LogP contribution is 2.48. The fourth-order valence-electron chi connectivity index (χ4n) is 11.1. The third-order valence-electron chi connectivity index (χ3n) is 14.8. The molecule has 0 radical (unpaired) electrons. The van der Waals surface area contributed by atoms with E-state index < -0.39 is 0 Å². The average Bonchev–Trinajstić information content (AvgIpc) is 4.05. The zero-order valence-electron chi connectivity index (χ0n) is 41.0. The normalized spacial score (nSPS) is 11.6. The molecule has 0 fully saturated rings. The van der Waals surface area contributed by atoms with Gasteiger partial charge in [-0.25, -0.2) is 0 Å². The van der Waals surface area contributed by atoms with Crippen molar-refractivity contribution < 1.29 is 8.83 Å². The van der Waals surface area contributed by atoms with E-state index in [0.717, 1.165) is 111 Å². The highest BCUT2D eigenvalue weighted by Gasteiger charge is 2.24. The summed E-state index contributed by atoms with van der Waals surface area (Å²) < 4.78 is 14.1. The predicted molar refractivity (Wildman–Crippen MR) is 311 cm³/mol. The van der Waals surface area contributed by atoms with E-state index in [9.17, 15) is 0 Å². The highest BCUT2D eigenvalue weighted by atomic mass is 16.3. The molecule has 0 amide bonds. The van der Waals surface area contributed by atoms with Gasteiger partial charge in [-0.3, -0.25) is 0 Å². The molecule has 0 bridgehead atoms. The van der Waals surface area contributed by atoms with Crippen LogP contribution in [0.1, 0.15) is 11.1 Å². The van der Waals surface area contributed by atoms with Crippen molar-refractivity contribution >= 4 is 99.5 Å². The van der Waals surface area contributed by atoms with Crippen molar-refractivity contribution in [2.24, 2.45) is 0 Å². The number of para-hydroxylation sites is 2. The molecule has 2 heterocycles. The number of furan rings is 2. The molecular weight excluding hydrogens is 901 g/mol. The van der Waals surface area contributed by atoms with Gasteiger partial charge in [-0.05, 0) is 165 Å². The zero-order chi connectivity index (χ0) is 49.3. The van der Waals surface area contributed by atoms with Gasteiger partial charge in [-0.1, -0.05) is 164 Å². The van der Waals surface area contributed by atoms with E-state index in [0.29, 0.717) is 0 Å². The molecule has 14 aromatic rings. The summed E-state index contributed by atoms with van der Waals surface area (Å²) >= 11 is 0. The van der Waals surface area contributed by atoms with Crippen LogP contribution in [0, 0.1) is 13.8 Å². The van der Waals surface area contributed by atoms with E-state index in [-0.39, 0.29) is 0 Å². The predicted octanol–water partition coefficient (Wildman–Crippen LogP) is 20.3. The van der Waals surface area contributed by atoms with Gasteiger partial charge in [0.2, 0.25) is 0 Å². The minimum Gasteiger partial charge on any atom is -0.455 e. The lowest BCUT2D eigenvalue weighted by molar-refractivity contribution is 0.658. The van der Waals surface area contributed by atoms with Gasteiger partial charge in [-0.15, -0.1) is 0 Å². The molecule has 2 aromatic heterocycles. The number of benzene rings is 12. The SMILES string of the molecule is Cc1ccc(-c2ccccc2)cc1N(c1ccccc1)c1ccc2cc3c(cc2c1)oc1c(-c2ccccc2)c2oc4cc5cc(N(c6ccccc6)c6cc(-c7ccccc7)ccc6C)ccc5cc4c2cc13. The second kappa shape index (κ2) is 17.6. The van der Waals surface area contributed by atoms with Crippen LogP contribution in [0.4, 0.5) is 34.1 Å². The number of nitrogens with zero attached hydrogens (tertiary/aromatic N) is 2. The topological polar surface area (TPSA) is 32.8 Å². The summed E-state index contributed by atoms with van der Waals surface area (Å²) in [5.41, 5.74) is 19.0. The molecule has 0 saturated heterocycles. The molecule has 0 unspecified atom stereocenters. The molecule has 0 atom stereocenters. The molecule has 14 rings (SSSR count). The Labute approximate surface area is 429 Å². The summed E-state index contributed by atoms with van der Waals surface area (Å²) in [5.74, 6) is 0. The molecule has 74 heavy (non-hydrogen) atoms. The van der Waals surface area contributed by atoms with Crippen LogP contribution in [-0.4, -0.2) is 0 Å². The van der Waals surface area contributed by atoms with E-state index in [2.05, 4.69) is 278 Å². The van der Waals surface area contributed by atoms with Gasteiger partial charge in [0.15, 0.2) is 0 Å². The number of fused-ring (bicyclic) bond motifs is 8. The first kappa shape index (κ1) is 43.2. The summed E-state index contributed by atoms with van der Waals surface area (Å²) in [7, 11) is 0. The Bertz CT molecular complexity index is 4160. The van der Waals surface area contributed by atoms with Crippen molar-refractivity contribution in [3.8, 4) is 33.4 Å². The molecule has 0 saturated carbocycles. The Balaban J connectivity index is 0.915. The largest absolute Gasteiger partial charge is 0.455 e. The molecular formula is C70H48N2O2. The van der Waals surface area contributed by atoms with Gasteiger partial charge in [0, 0.05) is 55.7 Å². The quantitative estimate of drug-likeness (QED) is 0.144. The smallest absolute Gasteiger partial charge is 0.147 e. The minimum atomic E-state index is 0.811. The summed E-state index contributed by atoms with van der Waals surface area (Å²) in [5, 5.41) is 8.71.